The number of rotatable bonds is 4. The van der Waals surface area contributed by atoms with Crippen molar-refractivity contribution in [2.75, 3.05) is 18.5 Å². The van der Waals surface area contributed by atoms with Crippen molar-refractivity contribution < 1.29 is 9.59 Å². The van der Waals surface area contributed by atoms with Crippen LogP contribution < -0.4 is 10.6 Å². The first kappa shape index (κ1) is 12.4. The topological polar surface area (TPSA) is 89.2 Å². The van der Waals surface area contributed by atoms with Gasteiger partial charge in [0.15, 0.2) is 6.29 Å². The molecule has 1 aromatic rings. The average molecular weight is 243 g/mol. The molecule has 1 heterocycles. The summed E-state index contributed by atoms with van der Waals surface area (Å²) in [5.74, 6) is 0.194. The lowest BCUT2D eigenvalue weighted by Gasteiger charge is -2.18. The summed E-state index contributed by atoms with van der Waals surface area (Å²) in [5.41, 5.74) is 5.20. The van der Waals surface area contributed by atoms with Gasteiger partial charge in [-0.1, -0.05) is 11.6 Å². The minimum absolute atomic E-state index is 0.0480. The van der Waals surface area contributed by atoms with Crippen molar-refractivity contribution >= 4 is 29.6 Å². The molecule has 0 bridgehead atoms. The van der Waals surface area contributed by atoms with Crippen LogP contribution >= 0.6 is 11.6 Å². The Morgan fingerprint density at radius 2 is 2.19 bits per heavy atom. The van der Waals surface area contributed by atoms with E-state index in [1.807, 2.05) is 0 Å². The highest BCUT2D eigenvalue weighted by Crippen LogP contribution is 2.21. The number of anilines is 1. The Kier molecular flexibility index (Phi) is 3.78. The lowest BCUT2D eigenvalue weighted by Crippen LogP contribution is -2.32. The molecule has 6 nitrogen and oxygen atoms in total. The third kappa shape index (κ3) is 2.66. The van der Waals surface area contributed by atoms with E-state index in [9.17, 15) is 9.59 Å². The third-order valence-electron chi connectivity index (χ3n) is 1.86. The molecule has 2 N–H and O–H groups in total. The summed E-state index contributed by atoms with van der Waals surface area (Å²) in [6, 6.07) is 0. The number of aldehydes is 1. The molecule has 0 aliphatic heterocycles. The van der Waals surface area contributed by atoms with Gasteiger partial charge in [-0.3, -0.25) is 9.59 Å². The summed E-state index contributed by atoms with van der Waals surface area (Å²) in [7, 11) is 1.59. The molecule has 0 unspecified atom stereocenters. The highest BCUT2D eigenvalue weighted by atomic mass is 35.5. The van der Waals surface area contributed by atoms with Gasteiger partial charge in [-0.05, 0) is 6.92 Å². The Bertz CT molecular complexity index is 436. The monoisotopic (exact) mass is 242 g/mol. The largest absolute Gasteiger partial charge is 0.368 e. The number of nitrogens with zero attached hydrogens (tertiary/aromatic N) is 3. The Labute approximate surface area is 97.4 Å². The molecule has 1 aromatic heterocycles. The van der Waals surface area contributed by atoms with Crippen LogP contribution in [0.5, 0.6) is 0 Å². The zero-order chi connectivity index (χ0) is 12.3. The van der Waals surface area contributed by atoms with E-state index in [1.165, 1.54) is 4.90 Å². The van der Waals surface area contributed by atoms with Gasteiger partial charge < -0.3 is 10.6 Å². The summed E-state index contributed by atoms with van der Waals surface area (Å²) in [5, 5.41) is 0.0637. The summed E-state index contributed by atoms with van der Waals surface area (Å²) in [6.45, 7) is 1.59. The lowest BCUT2D eigenvalue weighted by atomic mass is 10.3. The van der Waals surface area contributed by atoms with E-state index in [4.69, 9.17) is 17.3 Å². The molecule has 1 rings (SSSR count). The number of halogens is 1. The number of aromatic nitrogens is 2. The van der Waals surface area contributed by atoms with Crippen molar-refractivity contribution in [3.05, 3.63) is 16.5 Å². The Morgan fingerprint density at radius 3 is 2.69 bits per heavy atom. The Morgan fingerprint density at radius 1 is 1.56 bits per heavy atom. The van der Waals surface area contributed by atoms with Crippen LogP contribution in [0, 0.1) is 6.92 Å². The first-order valence-electron chi connectivity index (χ1n) is 4.44. The van der Waals surface area contributed by atoms with E-state index in [0.29, 0.717) is 17.9 Å². The SMILES string of the molecule is Cc1nc(Cl)c(C=O)c(N(C)CC(N)=O)n1. The maximum atomic E-state index is 10.8. The maximum Gasteiger partial charge on any atom is 0.236 e. The van der Waals surface area contributed by atoms with Crippen LogP contribution in [0.2, 0.25) is 5.15 Å². The van der Waals surface area contributed by atoms with Gasteiger partial charge in [-0.25, -0.2) is 9.97 Å². The second kappa shape index (κ2) is 4.89. The van der Waals surface area contributed by atoms with Crippen LogP contribution in [0.1, 0.15) is 16.2 Å². The number of likely N-dealkylation sites (N-methyl/N-ethyl adjacent to an activating group) is 1. The molecule has 16 heavy (non-hydrogen) atoms. The second-order valence-corrected chi connectivity index (χ2v) is 3.60. The third-order valence-corrected chi connectivity index (χ3v) is 2.15. The smallest absolute Gasteiger partial charge is 0.236 e. The number of aryl methyl sites for hydroxylation is 1. The zero-order valence-electron chi connectivity index (χ0n) is 8.90. The molecule has 0 radical (unpaired) electrons. The molecular weight excluding hydrogens is 232 g/mol. The molecule has 0 aliphatic carbocycles. The highest BCUT2D eigenvalue weighted by Gasteiger charge is 2.15. The van der Waals surface area contributed by atoms with Crippen molar-refractivity contribution in [1.29, 1.82) is 0 Å². The highest BCUT2D eigenvalue weighted by molar-refractivity contribution is 6.32. The van der Waals surface area contributed by atoms with Crippen molar-refractivity contribution in [3.63, 3.8) is 0 Å². The molecule has 0 atom stereocenters. The fourth-order valence-electron chi connectivity index (χ4n) is 1.23. The molecule has 0 aliphatic rings. The van der Waals surface area contributed by atoms with E-state index in [1.54, 1.807) is 14.0 Å². The van der Waals surface area contributed by atoms with E-state index < -0.39 is 5.91 Å². The first-order chi connectivity index (χ1) is 7.45. The number of carbonyl (C=O) groups is 2. The van der Waals surface area contributed by atoms with Crippen LogP contribution in [0.3, 0.4) is 0 Å². The lowest BCUT2D eigenvalue weighted by molar-refractivity contribution is -0.116. The molecule has 0 aromatic carbocycles. The van der Waals surface area contributed by atoms with Crippen LogP contribution in [0.25, 0.3) is 0 Å². The molecule has 0 saturated heterocycles. The fourth-order valence-corrected chi connectivity index (χ4v) is 1.49. The number of nitrogens with two attached hydrogens (primary N) is 1. The van der Waals surface area contributed by atoms with Gasteiger partial charge in [0.2, 0.25) is 5.91 Å². The van der Waals surface area contributed by atoms with Gasteiger partial charge in [-0.15, -0.1) is 0 Å². The normalized spacial score (nSPS) is 9.94. The number of carbonyl (C=O) groups excluding carboxylic acids is 2. The second-order valence-electron chi connectivity index (χ2n) is 3.24. The van der Waals surface area contributed by atoms with Crippen molar-refractivity contribution in [1.82, 2.24) is 9.97 Å². The maximum absolute atomic E-state index is 10.8. The van der Waals surface area contributed by atoms with E-state index in [0.717, 1.165) is 0 Å². The molecule has 0 spiro atoms. The summed E-state index contributed by atoms with van der Waals surface area (Å²) >= 11 is 5.79. The number of hydrogen-bond donors (Lipinski definition) is 1. The minimum atomic E-state index is -0.522. The van der Waals surface area contributed by atoms with Gasteiger partial charge in [0, 0.05) is 7.05 Å². The number of hydrogen-bond acceptors (Lipinski definition) is 5. The van der Waals surface area contributed by atoms with Gasteiger partial charge in [0.05, 0.1) is 12.1 Å². The summed E-state index contributed by atoms with van der Waals surface area (Å²) in [6.07, 6.45) is 0.550. The van der Waals surface area contributed by atoms with E-state index >= 15 is 0 Å². The van der Waals surface area contributed by atoms with E-state index in [2.05, 4.69) is 9.97 Å². The van der Waals surface area contributed by atoms with Gasteiger partial charge in [0.25, 0.3) is 0 Å². The summed E-state index contributed by atoms with van der Waals surface area (Å²) < 4.78 is 0. The van der Waals surface area contributed by atoms with Gasteiger partial charge in [0.1, 0.15) is 16.8 Å². The molecule has 7 heteroatoms. The average Bonchev–Trinajstić information content (AvgIpc) is 2.15. The number of amides is 1. The number of primary amides is 1. The first-order valence-corrected chi connectivity index (χ1v) is 4.82. The van der Waals surface area contributed by atoms with Crippen LogP contribution in [0.4, 0.5) is 5.82 Å². The predicted molar refractivity (Wildman–Crippen MR) is 59.6 cm³/mol. The standard InChI is InChI=1S/C9H11ClN4O2/c1-5-12-8(10)6(4-15)9(13-5)14(2)3-7(11)16/h4H,3H2,1-2H3,(H2,11,16). The van der Waals surface area contributed by atoms with Crippen LogP contribution in [0.15, 0.2) is 0 Å². The predicted octanol–water partition coefficient (Wildman–Crippen LogP) is 0.172. The molecule has 0 fully saturated rings. The fraction of sp³-hybridized carbons (Fsp3) is 0.333. The quantitative estimate of drug-likeness (QED) is 0.601. The zero-order valence-corrected chi connectivity index (χ0v) is 9.65. The van der Waals surface area contributed by atoms with Crippen LogP contribution in [-0.2, 0) is 4.79 Å². The van der Waals surface area contributed by atoms with Crippen molar-refractivity contribution in [2.45, 2.75) is 6.92 Å². The molecule has 1 amide bonds. The van der Waals surface area contributed by atoms with Crippen molar-refractivity contribution in [2.24, 2.45) is 5.73 Å². The van der Waals surface area contributed by atoms with Gasteiger partial charge in [-0.2, -0.15) is 0 Å². The summed E-state index contributed by atoms with van der Waals surface area (Å²) in [4.78, 5) is 31.0. The molecule has 86 valence electrons. The van der Waals surface area contributed by atoms with E-state index in [-0.39, 0.29) is 17.3 Å². The van der Waals surface area contributed by atoms with Crippen LogP contribution in [-0.4, -0.2) is 35.8 Å². The minimum Gasteiger partial charge on any atom is -0.368 e. The van der Waals surface area contributed by atoms with Crippen molar-refractivity contribution in [3.8, 4) is 0 Å². The Balaban J connectivity index is 3.20. The Hall–Kier alpha value is -1.69. The molecule has 0 saturated carbocycles. The van der Waals surface area contributed by atoms with Gasteiger partial charge >= 0.3 is 0 Å². The molecular formula is C9H11ClN4O2.